The molecule has 0 unspecified atom stereocenters. The van der Waals surface area contributed by atoms with E-state index in [9.17, 15) is 0 Å². The Morgan fingerprint density at radius 1 is 0.308 bits per heavy atom. The van der Waals surface area contributed by atoms with Crippen molar-refractivity contribution in [2.45, 2.75) is 0 Å². The summed E-state index contributed by atoms with van der Waals surface area (Å²) >= 11 is 0. The van der Waals surface area contributed by atoms with Crippen LogP contribution >= 0.6 is 0 Å². The van der Waals surface area contributed by atoms with Crippen LogP contribution in [0.15, 0.2) is 0 Å². The Labute approximate surface area is 100 Å². The van der Waals surface area contributed by atoms with E-state index < -0.39 is 0 Å². The van der Waals surface area contributed by atoms with Crippen LogP contribution in [0.3, 0.4) is 0 Å². The van der Waals surface area contributed by atoms with Gasteiger partial charge in [0.15, 0.2) is 0 Å². The Balaban J connectivity index is -0.000000125. The summed E-state index contributed by atoms with van der Waals surface area (Å²) in [5.74, 6) is 0. The van der Waals surface area contributed by atoms with Crippen molar-refractivity contribution >= 4 is 0 Å². The van der Waals surface area contributed by atoms with Crippen LogP contribution in [-0.4, -0.2) is 0 Å². The smallest absolute Gasteiger partial charge is 0.358 e. The van der Waals surface area contributed by atoms with Gasteiger partial charge >= 0.3 is 21.1 Å². The monoisotopic (exact) mass is 344 g/mol. The third kappa shape index (κ3) is 12.7. The Hall–Kier alpha value is 0.688. The molecule has 0 heterocycles. The molecule has 2 aliphatic rings. The molecular weight excluding hydrogens is 328 g/mol. The summed E-state index contributed by atoms with van der Waals surface area (Å²) in [4.78, 5) is 0. The first kappa shape index (κ1) is 19.3. The topological polar surface area (TPSA) is 0 Å². The molecule has 0 amide bonds. The van der Waals surface area contributed by atoms with Gasteiger partial charge in [-0.15, -0.1) is 0 Å². The van der Waals surface area contributed by atoms with Gasteiger partial charge in [0.05, 0.1) is 0 Å². The van der Waals surface area contributed by atoms with E-state index in [0.717, 1.165) is 0 Å². The molecule has 0 aromatic heterocycles. The molecule has 0 bridgehead atoms. The van der Waals surface area contributed by atoms with Gasteiger partial charge in [0, 0.05) is 0 Å². The number of rotatable bonds is 0. The van der Waals surface area contributed by atoms with Gasteiger partial charge in [0.25, 0.3) is 0 Å². The van der Waals surface area contributed by atoms with Crippen molar-refractivity contribution in [1.82, 2.24) is 0 Å². The van der Waals surface area contributed by atoms with Crippen molar-refractivity contribution in [3.8, 4) is 0 Å². The first-order valence-electron chi connectivity index (χ1n) is 3.33. The standard InChI is InChI=1S/2C5H5.2CH3.W/c2*1-2-4-5-3-1;;;/h2*1-5H;2*1H3;/q;;2*-1;+2. The molecule has 0 N–H and O–H groups in total. The van der Waals surface area contributed by atoms with Gasteiger partial charge < -0.3 is 14.9 Å². The van der Waals surface area contributed by atoms with E-state index in [1.54, 1.807) is 0 Å². The van der Waals surface area contributed by atoms with Crippen molar-refractivity contribution in [1.29, 1.82) is 0 Å². The summed E-state index contributed by atoms with van der Waals surface area (Å²) in [6.07, 6.45) is 20.0. The van der Waals surface area contributed by atoms with Gasteiger partial charge in [-0.2, -0.15) is 0 Å². The molecule has 0 aromatic rings. The van der Waals surface area contributed by atoms with E-state index >= 15 is 0 Å². The van der Waals surface area contributed by atoms with E-state index in [1.807, 2.05) is 64.2 Å². The van der Waals surface area contributed by atoms with Gasteiger partial charge in [0.2, 0.25) is 0 Å². The molecule has 70 valence electrons. The van der Waals surface area contributed by atoms with Gasteiger partial charge in [0.1, 0.15) is 0 Å². The summed E-state index contributed by atoms with van der Waals surface area (Å²) in [6, 6.07) is 0. The van der Waals surface area contributed by atoms with Crippen LogP contribution in [-0.2, 0) is 21.1 Å². The molecule has 0 aromatic carbocycles. The summed E-state index contributed by atoms with van der Waals surface area (Å²) < 4.78 is 0. The Bertz CT molecular complexity index is 38.3. The maximum atomic E-state index is 2.00. The SMILES string of the molecule is [CH3-].[CH3-].[CH]1[CH][CH][CH][CH]1.[CH]1[CH][CH][CH][CH]1.[W+2]. The fourth-order valence-corrected chi connectivity index (χ4v) is 0.642. The summed E-state index contributed by atoms with van der Waals surface area (Å²) in [5, 5.41) is 0. The second-order valence-corrected chi connectivity index (χ2v) is 1.92. The molecule has 10 radical (unpaired) electrons. The minimum absolute atomic E-state index is 0. The van der Waals surface area contributed by atoms with E-state index in [0.29, 0.717) is 0 Å². The fraction of sp³-hybridized carbons (Fsp3) is 0. The molecule has 2 rings (SSSR count). The van der Waals surface area contributed by atoms with Crippen LogP contribution in [0.5, 0.6) is 0 Å². The fourth-order valence-electron chi connectivity index (χ4n) is 0.642. The van der Waals surface area contributed by atoms with Crippen LogP contribution in [0.1, 0.15) is 0 Å². The van der Waals surface area contributed by atoms with Crippen LogP contribution in [0.25, 0.3) is 0 Å². The summed E-state index contributed by atoms with van der Waals surface area (Å²) in [7, 11) is 0. The molecule has 2 aliphatic carbocycles. The first-order chi connectivity index (χ1) is 5.00. The molecular formula is C12H16W. The third-order valence-electron chi connectivity index (χ3n) is 1.11. The van der Waals surface area contributed by atoms with E-state index in [2.05, 4.69) is 0 Å². The average molecular weight is 344 g/mol. The zero-order valence-electron chi connectivity index (χ0n) is 8.18. The van der Waals surface area contributed by atoms with Gasteiger partial charge in [-0.1, -0.05) is 0 Å². The van der Waals surface area contributed by atoms with E-state index in [1.165, 1.54) is 0 Å². The maximum absolute atomic E-state index is 2.00. The molecule has 0 nitrogen and oxygen atoms in total. The first-order valence-corrected chi connectivity index (χ1v) is 3.33. The van der Waals surface area contributed by atoms with Crippen molar-refractivity contribution in [3.05, 3.63) is 79.1 Å². The molecule has 2 fully saturated rings. The Morgan fingerprint density at radius 2 is 0.385 bits per heavy atom. The zero-order chi connectivity index (χ0) is 7.07. The van der Waals surface area contributed by atoms with Crippen molar-refractivity contribution < 1.29 is 21.1 Å². The zero-order valence-corrected chi connectivity index (χ0v) is 11.1. The van der Waals surface area contributed by atoms with Crippen molar-refractivity contribution in [3.63, 3.8) is 0 Å². The predicted molar refractivity (Wildman–Crippen MR) is 55.8 cm³/mol. The van der Waals surface area contributed by atoms with E-state index in [-0.39, 0.29) is 35.9 Å². The van der Waals surface area contributed by atoms with Gasteiger partial charge in [-0.25, -0.2) is 0 Å². The summed E-state index contributed by atoms with van der Waals surface area (Å²) in [5.41, 5.74) is 0. The van der Waals surface area contributed by atoms with Crippen LogP contribution < -0.4 is 0 Å². The largest absolute Gasteiger partial charge is 2.00 e. The minimum Gasteiger partial charge on any atom is -0.358 e. The molecule has 2 saturated carbocycles. The number of hydrogen-bond donors (Lipinski definition) is 0. The normalized spacial score (nSPS) is 18.5. The third-order valence-corrected chi connectivity index (χ3v) is 1.11. The molecule has 0 saturated heterocycles. The Morgan fingerprint density at radius 3 is 0.462 bits per heavy atom. The average Bonchev–Trinajstić information content (AvgIpc) is 2.67. The van der Waals surface area contributed by atoms with Crippen molar-refractivity contribution in [2.75, 3.05) is 0 Å². The van der Waals surface area contributed by atoms with Gasteiger partial charge in [-0.3, -0.25) is 0 Å². The Kier molecular flexibility index (Phi) is 22.5. The summed E-state index contributed by atoms with van der Waals surface area (Å²) in [6.45, 7) is 0. The minimum atomic E-state index is 0. The van der Waals surface area contributed by atoms with Gasteiger partial charge in [-0.05, 0) is 64.2 Å². The quantitative estimate of drug-likeness (QED) is 0.593. The van der Waals surface area contributed by atoms with Crippen molar-refractivity contribution in [2.24, 2.45) is 0 Å². The molecule has 13 heavy (non-hydrogen) atoms. The second kappa shape index (κ2) is 15.2. The van der Waals surface area contributed by atoms with Crippen LogP contribution in [0.4, 0.5) is 0 Å². The molecule has 0 spiro atoms. The molecule has 1 heteroatoms. The predicted octanol–water partition coefficient (Wildman–Crippen LogP) is 2.94. The molecule has 0 atom stereocenters. The maximum Gasteiger partial charge on any atom is 2.00 e. The molecule has 0 aliphatic heterocycles. The number of hydrogen-bond acceptors (Lipinski definition) is 0. The second-order valence-electron chi connectivity index (χ2n) is 1.92. The van der Waals surface area contributed by atoms with Crippen LogP contribution in [0.2, 0.25) is 0 Å². The van der Waals surface area contributed by atoms with E-state index in [4.69, 9.17) is 0 Å². The van der Waals surface area contributed by atoms with Crippen LogP contribution in [0, 0.1) is 79.1 Å².